The number of nitrogens with zero attached hydrogens (tertiary/aromatic N) is 1. The third-order valence-corrected chi connectivity index (χ3v) is 8.50. The van der Waals surface area contributed by atoms with Crippen LogP contribution in [0, 0.1) is 5.92 Å². The molecule has 47 heavy (non-hydrogen) atoms. The summed E-state index contributed by atoms with van der Waals surface area (Å²) >= 11 is 0. The van der Waals surface area contributed by atoms with E-state index in [9.17, 15) is 24.0 Å². The summed E-state index contributed by atoms with van der Waals surface area (Å²) in [4.78, 5) is 68.3. The number of ketones is 2. The van der Waals surface area contributed by atoms with Gasteiger partial charge in [-0.1, -0.05) is 42.5 Å². The van der Waals surface area contributed by atoms with Gasteiger partial charge in [-0.2, -0.15) is 0 Å². The monoisotopic (exact) mass is 649 g/mol. The van der Waals surface area contributed by atoms with Crippen LogP contribution in [0.25, 0.3) is 0 Å². The molecule has 2 aromatic carbocycles. The Morgan fingerprint density at radius 1 is 0.979 bits per heavy atom. The number of hydrogen-bond donors (Lipinski definition) is 2. The highest BCUT2D eigenvalue weighted by Gasteiger charge is 2.50. The van der Waals surface area contributed by atoms with Crippen molar-refractivity contribution in [3.8, 4) is 5.75 Å². The zero-order valence-electron chi connectivity index (χ0n) is 28.2. The SMILES string of the molecule is COc1ccc(C[C@H](CC(=O)[C@H](C)NC(=O)[C@@H]2CCCN2C(=O)OC(C)(C)C)C(=O)N[C@@H](Cc2ccccc2)C(=O)[C@@]2(C)CO2)cc1. The highest BCUT2D eigenvalue weighted by atomic mass is 16.6. The summed E-state index contributed by atoms with van der Waals surface area (Å²) in [5, 5.41) is 5.69. The number of epoxide rings is 1. The molecule has 0 radical (unpaired) electrons. The lowest BCUT2D eigenvalue weighted by Gasteiger charge is -2.28. The van der Waals surface area contributed by atoms with Crippen molar-refractivity contribution in [3.63, 3.8) is 0 Å². The molecule has 0 bridgehead atoms. The van der Waals surface area contributed by atoms with Crippen molar-refractivity contribution >= 4 is 29.5 Å². The summed E-state index contributed by atoms with van der Waals surface area (Å²) in [7, 11) is 1.56. The van der Waals surface area contributed by atoms with Gasteiger partial charge in [0.25, 0.3) is 0 Å². The van der Waals surface area contributed by atoms with E-state index in [4.69, 9.17) is 14.2 Å². The second kappa shape index (κ2) is 15.1. The van der Waals surface area contributed by atoms with E-state index in [0.717, 1.165) is 11.1 Å². The van der Waals surface area contributed by atoms with Crippen molar-refractivity contribution in [2.75, 3.05) is 20.3 Å². The fourth-order valence-electron chi connectivity index (χ4n) is 5.66. The number of hydrogen-bond acceptors (Lipinski definition) is 8. The highest BCUT2D eigenvalue weighted by molar-refractivity contribution is 5.98. The van der Waals surface area contributed by atoms with Gasteiger partial charge in [0, 0.05) is 18.9 Å². The van der Waals surface area contributed by atoms with E-state index >= 15 is 0 Å². The molecule has 5 atom stereocenters. The van der Waals surface area contributed by atoms with Gasteiger partial charge in [0.2, 0.25) is 11.8 Å². The number of likely N-dealkylation sites (tertiary alicyclic amines) is 1. The molecule has 2 aliphatic heterocycles. The van der Waals surface area contributed by atoms with E-state index in [1.54, 1.807) is 53.9 Å². The molecule has 254 valence electrons. The first-order valence-electron chi connectivity index (χ1n) is 16.2. The van der Waals surface area contributed by atoms with Gasteiger partial charge in [-0.15, -0.1) is 0 Å². The Labute approximate surface area is 276 Å². The lowest BCUT2D eigenvalue weighted by atomic mass is 9.89. The number of nitrogens with one attached hydrogen (secondary N) is 2. The number of methoxy groups -OCH3 is 1. The molecule has 2 fully saturated rings. The molecule has 0 aromatic heterocycles. The summed E-state index contributed by atoms with van der Waals surface area (Å²) in [6, 6.07) is 14.1. The fourth-order valence-corrected chi connectivity index (χ4v) is 5.66. The topological polar surface area (TPSA) is 144 Å². The largest absolute Gasteiger partial charge is 0.497 e. The first-order valence-corrected chi connectivity index (χ1v) is 16.2. The Balaban J connectivity index is 1.48. The van der Waals surface area contributed by atoms with Crippen molar-refractivity contribution in [1.29, 1.82) is 0 Å². The first kappa shape index (κ1) is 35.6. The predicted octanol–water partition coefficient (Wildman–Crippen LogP) is 3.80. The number of rotatable bonds is 14. The molecule has 11 nitrogen and oxygen atoms in total. The van der Waals surface area contributed by atoms with Crippen LogP contribution in [0.3, 0.4) is 0 Å². The van der Waals surface area contributed by atoms with Crippen LogP contribution in [0.4, 0.5) is 4.79 Å². The average molecular weight is 650 g/mol. The summed E-state index contributed by atoms with van der Waals surface area (Å²) in [6.45, 7) is 9.22. The number of Topliss-reactive ketones (excluding diaryl/α,β-unsaturated/α-hetero) is 2. The van der Waals surface area contributed by atoms with Crippen LogP contribution in [-0.2, 0) is 41.5 Å². The fraction of sp³-hybridized carbons (Fsp3) is 0.528. The van der Waals surface area contributed by atoms with Crippen LogP contribution >= 0.6 is 0 Å². The average Bonchev–Trinajstić information content (AvgIpc) is 3.58. The van der Waals surface area contributed by atoms with Gasteiger partial charge in [0.05, 0.1) is 25.8 Å². The zero-order valence-corrected chi connectivity index (χ0v) is 28.2. The summed E-state index contributed by atoms with van der Waals surface area (Å²) in [5.74, 6) is -1.65. The molecule has 2 heterocycles. The van der Waals surface area contributed by atoms with Gasteiger partial charge >= 0.3 is 6.09 Å². The third kappa shape index (κ3) is 9.87. The molecule has 2 aromatic rings. The van der Waals surface area contributed by atoms with Crippen LogP contribution in [0.2, 0.25) is 0 Å². The number of carbonyl (C=O) groups is 5. The van der Waals surface area contributed by atoms with Gasteiger partial charge < -0.3 is 24.8 Å². The zero-order chi connectivity index (χ0) is 34.4. The third-order valence-electron chi connectivity index (χ3n) is 8.50. The second-order valence-electron chi connectivity index (χ2n) is 13.6. The summed E-state index contributed by atoms with van der Waals surface area (Å²) < 4.78 is 16.1. The number of ether oxygens (including phenoxy) is 3. The molecule has 4 rings (SSSR count). The standard InChI is InChI=1S/C36H47N3O8/c1-23(37-33(43)29-13-10-18-39(29)34(44)47-35(2,3)4)30(40)21-26(19-25-14-16-27(45-6)17-15-25)32(42)38-28(31(41)36(5)22-46-36)20-24-11-8-7-9-12-24/h7-9,11-12,14-17,23,26,28-29H,10,13,18-22H2,1-6H3,(H,37,43)(H,38,42)/t23-,26+,28-,29-,36+/m0/s1. The molecule has 3 amide bonds. The summed E-state index contributed by atoms with van der Waals surface area (Å²) in [6.07, 6.45) is 0.826. The molecule has 2 saturated heterocycles. The normalized spacial score (nSPS) is 20.8. The van der Waals surface area contributed by atoms with Crippen molar-refractivity contribution in [2.24, 2.45) is 5.92 Å². The molecule has 0 aliphatic carbocycles. The second-order valence-corrected chi connectivity index (χ2v) is 13.6. The van der Waals surface area contributed by atoms with Crippen LogP contribution in [-0.4, -0.2) is 84.0 Å². The molecular weight excluding hydrogens is 602 g/mol. The van der Waals surface area contributed by atoms with Crippen LogP contribution < -0.4 is 15.4 Å². The Morgan fingerprint density at radius 3 is 2.21 bits per heavy atom. The summed E-state index contributed by atoms with van der Waals surface area (Å²) in [5.41, 5.74) is 0.0114. The van der Waals surface area contributed by atoms with E-state index in [1.165, 1.54) is 4.90 Å². The minimum atomic E-state index is -0.958. The van der Waals surface area contributed by atoms with Crippen LogP contribution in [0.5, 0.6) is 5.75 Å². The molecule has 0 spiro atoms. The lowest BCUT2D eigenvalue weighted by molar-refractivity contribution is -0.134. The van der Waals surface area contributed by atoms with Gasteiger partial charge in [-0.05, 0) is 83.6 Å². The van der Waals surface area contributed by atoms with E-state index in [0.29, 0.717) is 25.1 Å². The van der Waals surface area contributed by atoms with E-state index < -0.39 is 53.2 Å². The molecular formula is C36H47N3O8. The quantitative estimate of drug-likeness (QED) is 0.294. The van der Waals surface area contributed by atoms with Crippen molar-refractivity contribution in [2.45, 2.75) is 96.1 Å². The smallest absolute Gasteiger partial charge is 0.410 e. The van der Waals surface area contributed by atoms with Gasteiger partial charge in [-0.25, -0.2) is 4.79 Å². The molecule has 0 saturated carbocycles. The Bertz CT molecular complexity index is 1430. The Hall–Kier alpha value is -4.25. The minimum absolute atomic E-state index is 0.181. The maximum atomic E-state index is 13.9. The maximum Gasteiger partial charge on any atom is 0.410 e. The molecule has 0 unspecified atom stereocenters. The van der Waals surface area contributed by atoms with Gasteiger partial charge in [0.15, 0.2) is 11.6 Å². The van der Waals surface area contributed by atoms with Crippen LogP contribution in [0.15, 0.2) is 54.6 Å². The van der Waals surface area contributed by atoms with Crippen molar-refractivity contribution in [1.82, 2.24) is 15.5 Å². The number of benzene rings is 2. The molecule has 2 aliphatic rings. The minimum Gasteiger partial charge on any atom is -0.497 e. The number of carbonyl (C=O) groups excluding carboxylic acids is 5. The maximum absolute atomic E-state index is 13.9. The highest BCUT2D eigenvalue weighted by Crippen LogP contribution is 2.29. The van der Waals surface area contributed by atoms with Gasteiger partial charge in [0.1, 0.15) is 23.0 Å². The number of amides is 3. The molecule has 2 N–H and O–H groups in total. The van der Waals surface area contributed by atoms with E-state index in [-0.39, 0.29) is 37.4 Å². The van der Waals surface area contributed by atoms with E-state index in [2.05, 4.69) is 10.6 Å². The Kier molecular flexibility index (Phi) is 11.4. The molecule has 11 heteroatoms. The van der Waals surface area contributed by atoms with Crippen LogP contribution in [0.1, 0.15) is 65.0 Å². The van der Waals surface area contributed by atoms with Gasteiger partial charge in [-0.3, -0.25) is 24.1 Å². The predicted molar refractivity (Wildman–Crippen MR) is 175 cm³/mol. The van der Waals surface area contributed by atoms with Crippen molar-refractivity contribution < 1.29 is 38.2 Å². The first-order chi connectivity index (χ1) is 22.2. The van der Waals surface area contributed by atoms with E-state index in [1.807, 2.05) is 42.5 Å². The Morgan fingerprint density at radius 2 is 1.62 bits per heavy atom. The lowest BCUT2D eigenvalue weighted by Crippen LogP contribution is -2.52. The van der Waals surface area contributed by atoms with Crippen molar-refractivity contribution in [3.05, 3.63) is 65.7 Å².